The number of aliphatic hydroxyl groups excluding tert-OH is 1. The van der Waals surface area contributed by atoms with E-state index in [0.29, 0.717) is 31.1 Å². The average Bonchev–Trinajstić information content (AvgIpc) is 2.79. The summed E-state index contributed by atoms with van der Waals surface area (Å²) < 4.78 is 12.2. The molecule has 1 rings (SSSR count). The molecule has 0 aliphatic carbocycles. The monoisotopic (exact) mass is 331 g/mol. The Morgan fingerprint density at radius 2 is 2.05 bits per heavy atom. The van der Waals surface area contributed by atoms with E-state index in [1.807, 2.05) is 0 Å². The Kier molecular flexibility index (Phi) is 9.05. The summed E-state index contributed by atoms with van der Waals surface area (Å²) in [4.78, 5) is 25.8. The summed E-state index contributed by atoms with van der Waals surface area (Å²) in [5.74, 6) is 0.280. The molecular formula is C16H29NO4S. The third-order valence-corrected chi connectivity index (χ3v) is 5.95. The van der Waals surface area contributed by atoms with Gasteiger partial charge in [-0.3, -0.25) is 14.5 Å². The van der Waals surface area contributed by atoms with Crippen molar-refractivity contribution in [2.75, 3.05) is 18.9 Å². The fourth-order valence-corrected chi connectivity index (χ4v) is 4.18. The first-order chi connectivity index (χ1) is 10.5. The Morgan fingerprint density at radius 3 is 2.64 bits per heavy atom. The first-order valence-corrected chi connectivity index (χ1v) is 9.75. The Labute approximate surface area is 136 Å². The van der Waals surface area contributed by atoms with Crippen molar-refractivity contribution < 1.29 is 19.2 Å². The summed E-state index contributed by atoms with van der Waals surface area (Å²) >= 11 is -1.31. The van der Waals surface area contributed by atoms with Crippen LogP contribution in [-0.2, 0) is 20.8 Å². The molecule has 1 saturated heterocycles. The van der Waals surface area contributed by atoms with Crippen molar-refractivity contribution in [1.82, 2.24) is 4.90 Å². The number of hydrogen-bond donors (Lipinski definition) is 1. The van der Waals surface area contributed by atoms with Crippen LogP contribution < -0.4 is 0 Å². The molecule has 128 valence electrons. The van der Waals surface area contributed by atoms with Gasteiger partial charge in [-0.05, 0) is 36.4 Å². The third-order valence-electron chi connectivity index (χ3n) is 4.26. The molecule has 1 aliphatic rings. The number of carbonyl (C=O) groups is 2. The van der Waals surface area contributed by atoms with Crippen molar-refractivity contribution in [3.8, 4) is 0 Å². The standard InChI is InChI=1S/C16H29NO4S/c1-3-5-8-13(4-2)12-17-15(19)11-14(16(17)20)22(21)10-7-6-9-18/h13-14,18H,3-12H2,1-2H3. The molecule has 5 nitrogen and oxygen atoms in total. The highest BCUT2D eigenvalue weighted by atomic mass is 32.2. The van der Waals surface area contributed by atoms with Crippen LogP contribution in [0.15, 0.2) is 0 Å². The van der Waals surface area contributed by atoms with Gasteiger partial charge in [-0.2, -0.15) is 0 Å². The van der Waals surface area contributed by atoms with Gasteiger partial charge in [0, 0.05) is 13.2 Å². The predicted molar refractivity (Wildman–Crippen MR) is 87.8 cm³/mol. The molecule has 0 aromatic rings. The second kappa shape index (κ2) is 10.2. The van der Waals surface area contributed by atoms with E-state index in [-0.39, 0.29) is 24.8 Å². The van der Waals surface area contributed by atoms with E-state index in [1.54, 1.807) is 0 Å². The van der Waals surface area contributed by atoms with E-state index < -0.39 is 16.4 Å². The van der Waals surface area contributed by atoms with E-state index in [0.717, 1.165) is 25.7 Å². The zero-order valence-corrected chi connectivity index (χ0v) is 14.6. The average molecular weight is 331 g/mol. The highest BCUT2D eigenvalue weighted by Crippen LogP contribution is 2.24. The van der Waals surface area contributed by atoms with Gasteiger partial charge in [0.1, 0.15) is 5.75 Å². The van der Waals surface area contributed by atoms with E-state index in [4.69, 9.17) is 5.11 Å². The smallest absolute Gasteiger partial charge is 0.282 e. The highest BCUT2D eigenvalue weighted by molar-refractivity contribution is 7.92. The summed E-state index contributed by atoms with van der Waals surface area (Å²) in [5.41, 5.74) is 0. The maximum absolute atomic E-state index is 12.4. The molecule has 3 atom stereocenters. The lowest BCUT2D eigenvalue weighted by molar-refractivity contribution is -0.139. The molecule has 1 fully saturated rings. The first kappa shape index (κ1) is 19.5. The van der Waals surface area contributed by atoms with E-state index in [2.05, 4.69) is 13.8 Å². The van der Waals surface area contributed by atoms with Crippen LogP contribution in [0.3, 0.4) is 0 Å². The van der Waals surface area contributed by atoms with E-state index >= 15 is 0 Å². The molecule has 0 spiro atoms. The quantitative estimate of drug-likeness (QED) is 0.356. The van der Waals surface area contributed by atoms with Crippen molar-refractivity contribution in [3.05, 3.63) is 0 Å². The molecule has 1 heterocycles. The minimum atomic E-state index is -1.31. The summed E-state index contributed by atoms with van der Waals surface area (Å²) in [6.45, 7) is 4.75. The summed E-state index contributed by atoms with van der Waals surface area (Å²) in [6, 6.07) is 0. The number of unbranched alkanes of at least 4 members (excludes halogenated alkanes) is 2. The summed E-state index contributed by atoms with van der Waals surface area (Å²) in [7, 11) is 0. The Balaban J connectivity index is 2.55. The summed E-state index contributed by atoms with van der Waals surface area (Å²) in [6.07, 6.45) is 5.46. The number of carbonyl (C=O) groups excluding carboxylic acids is 2. The van der Waals surface area contributed by atoms with Gasteiger partial charge in [0.15, 0.2) is 0 Å². The molecule has 0 saturated carbocycles. The van der Waals surface area contributed by atoms with E-state index in [9.17, 15) is 14.1 Å². The van der Waals surface area contributed by atoms with E-state index in [1.165, 1.54) is 4.90 Å². The minimum Gasteiger partial charge on any atom is -0.616 e. The molecule has 22 heavy (non-hydrogen) atoms. The molecule has 3 unspecified atom stereocenters. The maximum atomic E-state index is 12.4. The highest BCUT2D eigenvalue weighted by Gasteiger charge is 2.45. The Hall–Kier alpha value is -0.590. The van der Waals surface area contributed by atoms with Gasteiger partial charge in [-0.15, -0.1) is 0 Å². The molecule has 0 aromatic carbocycles. The number of amides is 2. The van der Waals surface area contributed by atoms with Gasteiger partial charge in [0.2, 0.25) is 11.2 Å². The van der Waals surface area contributed by atoms with Gasteiger partial charge in [-0.25, -0.2) is 0 Å². The normalized spacial score (nSPS) is 21.5. The van der Waals surface area contributed by atoms with Crippen LogP contribution in [0.25, 0.3) is 0 Å². The largest absolute Gasteiger partial charge is 0.616 e. The lowest BCUT2D eigenvalue weighted by atomic mass is 9.99. The fraction of sp³-hybridized carbons (Fsp3) is 0.875. The SMILES string of the molecule is CCCCC(CC)CN1C(=O)CC([S+]([O-])CCCCO)C1=O. The van der Waals surface area contributed by atoms with Crippen LogP contribution in [0.1, 0.15) is 58.8 Å². The van der Waals surface area contributed by atoms with Crippen LogP contribution in [0.2, 0.25) is 0 Å². The molecule has 1 aliphatic heterocycles. The number of likely N-dealkylation sites (tertiary alicyclic amines) is 1. The molecular weight excluding hydrogens is 302 g/mol. The van der Waals surface area contributed by atoms with Gasteiger partial charge in [-0.1, -0.05) is 33.1 Å². The lowest BCUT2D eigenvalue weighted by Crippen LogP contribution is -2.38. The maximum Gasteiger partial charge on any atom is 0.282 e. The second-order valence-corrected chi connectivity index (χ2v) is 7.71. The zero-order valence-electron chi connectivity index (χ0n) is 13.8. The molecule has 0 radical (unpaired) electrons. The van der Waals surface area contributed by atoms with Crippen LogP contribution in [0.4, 0.5) is 0 Å². The van der Waals surface area contributed by atoms with Gasteiger partial charge >= 0.3 is 0 Å². The first-order valence-electron chi connectivity index (χ1n) is 8.37. The van der Waals surface area contributed by atoms with Crippen LogP contribution in [0.5, 0.6) is 0 Å². The molecule has 1 N–H and O–H groups in total. The lowest BCUT2D eigenvalue weighted by Gasteiger charge is -2.22. The topological polar surface area (TPSA) is 80.7 Å². The Bertz CT molecular complexity index is 364. The van der Waals surface area contributed by atoms with Crippen molar-refractivity contribution in [1.29, 1.82) is 0 Å². The van der Waals surface area contributed by atoms with Crippen molar-refractivity contribution in [2.45, 2.75) is 64.0 Å². The van der Waals surface area contributed by atoms with Gasteiger partial charge in [0.25, 0.3) is 5.91 Å². The minimum absolute atomic E-state index is 0.0659. The number of hydrogen-bond acceptors (Lipinski definition) is 4. The molecule has 6 heteroatoms. The number of aliphatic hydroxyl groups is 1. The van der Waals surface area contributed by atoms with Gasteiger partial charge in [0.05, 0.1) is 6.42 Å². The van der Waals surface area contributed by atoms with Crippen LogP contribution in [-0.4, -0.2) is 50.5 Å². The Morgan fingerprint density at radius 1 is 1.32 bits per heavy atom. The predicted octanol–water partition coefficient (Wildman–Crippen LogP) is 1.85. The van der Waals surface area contributed by atoms with Crippen LogP contribution in [0, 0.1) is 5.92 Å². The van der Waals surface area contributed by atoms with Crippen molar-refractivity contribution in [3.63, 3.8) is 0 Å². The number of rotatable bonds is 11. The zero-order chi connectivity index (χ0) is 16.5. The molecule has 0 aromatic heterocycles. The van der Waals surface area contributed by atoms with Crippen LogP contribution >= 0.6 is 0 Å². The fourth-order valence-electron chi connectivity index (χ4n) is 2.72. The number of nitrogens with zero attached hydrogens (tertiary/aromatic N) is 1. The second-order valence-electron chi connectivity index (χ2n) is 5.97. The summed E-state index contributed by atoms with van der Waals surface area (Å²) in [5, 5.41) is 8.08. The van der Waals surface area contributed by atoms with Gasteiger partial charge < -0.3 is 9.66 Å². The van der Waals surface area contributed by atoms with Crippen molar-refractivity contribution >= 4 is 23.0 Å². The molecule has 2 amide bonds. The molecule has 0 bridgehead atoms. The van der Waals surface area contributed by atoms with Crippen molar-refractivity contribution in [2.24, 2.45) is 5.92 Å². The number of imide groups is 1. The third kappa shape index (κ3) is 5.56.